The number of nitrogens with zero attached hydrogens (tertiary/aromatic N) is 8. The van der Waals surface area contributed by atoms with Crippen LogP contribution in [0, 0.1) is 12.3 Å². The number of hydrogen-bond donors (Lipinski definition) is 4. The molecule has 1 saturated carbocycles. The third-order valence-corrected chi connectivity index (χ3v) is 16.3. The van der Waals surface area contributed by atoms with E-state index in [9.17, 15) is 37.5 Å². The summed E-state index contributed by atoms with van der Waals surface area (Å²) in [7, 11) is -0.467. The number of carbonyl (C=O) groups excluding carboxylic acids is 5. The summed E-state index contributed by atoms with van der Waals surface area (Å²) < 4.78 is 36.2. The van der Waals surface area contributed by atoms with Gasteiger partial charge in [0.25, 0.3) is 5.91 Å². The molecule has 2 aliphatic heterocycles. The molecule has 0 unspecified atom stereocenters. The number of anilines is 2. The van der Waals surface area contributed by atoms with Gasteiger partial charge in [0.2, 0.25) is 39.6 Å². The Morgan fingerprint density at radius 2 is 1.64 bits per heavy atom. The summed E-state index contributed by atoms with van der Waals surface area (Å²) in [5.41, 5.74) is 5.61. The second kappa shape index (κ2) is 21.8. The minimum Gasteiger partial charge on any atom is -0.391 e. The molecule has 5 amide bonds. The van der Waals surface area contributed by atoms with Gasteiger partial charge in [0.15, 0.2) is 0 Å². The maximum atomic E-state index is 14.1. The van der Waals surface area contributed by atoms with Gasteiger partial charge in [-0.3, -0.25) is 24.0 Å². The number of carbonyl (C=O) groups is 5. The molecule has 8 rings (SSSR count). The molecule has 3 aromatic heterocycles. The zero-order valence-electron chi connectivity index (χ0n) is 41.5. The van der Waals surface area contributed by atoms with Crippen LogP contribution in [0.5, 0.6) is 0 Å². The molecule has 3 fully saturated rings. The molecule has 2 aromatic carbocycles. The molecule has 3 atom stereocenters. The van der Waals surface area contributed by atoms with E-state index in [1.54, 1.807) is 74.9 Å². The molecule has 2 saturated heterocycles. The van der Waals surface area contributed by atoms with Crippen molar-refractivity contribution in [3.05, 3.63) is 83.3 Å². The Balaban J connectivity index is 0.796. The molecular weight excluding hydrogens is 963 g/mol. The molecule has 0 bridgehead atoms. The highest BCUT2D eigenvalue weighted by Crippen LogP contribution is 2.35. The van der Waals surface area contributed by atoms with Crippen LogP contribution in [0.1, 0.15) is 80.7 Å². The highest BCUT2D eigenvalue weighted by atomic mass is 32.2. The summed E-state index contributed by atoms with van der Waals surface area (Å²) >= 11 is 1.55. The van der Waals surface area contributed by atoms with E-state index in [2.05, 4.69) is 25.9 Å². The van der Waals surface area contributed by atoms with Crippen molar-refractivity contribution in [2.45, 2.75) is 95.5 Å². The smallest absolute Gasteiger partial charge is 0.270 e. The van der Waals surface area contributed by atoms with Crippen LogP contribution in [0.15, 0.2) is 71.2 Å². The molecule has 20 nitrogen and oxygen atoms in total. The predicted molar refractivity (Wildman–Crippen MR) is 271 cm³/mol. The number of aliphatic hydroxyl groups is 1. The first kappa shape index (κ1) is 52.0. The molecule has 3 aliphatic rings. The second-order valence-electron chi connectivity index (χ2n) is 19.9. The summed E-state index contributed by atoms with van der Waals surface area (Å²) in [6.07, 6.45) is 4.85. The highest BCUT2D eigenvalue weighted by Gasteiger charge is 2.44. The van der Waals surface area contributed by atoms with Gasteiger partial charge in [0.05, 0.1) is 27.1 Å². The summed E-state index contributed by atoms with van der Waals surface area (Å²) in [4.78, 5) is 86.1. The lowest BCUT2D eigenvalue weighted by Gasteiger charge is -2.35. The van der Waals surface area contributed by atoms with Gasteiger partial charge in [0.1, 0.15) is 36.6 Å². The number of hydrogen-bond acceptors (Lipinski definition) is 14. The van der Waals surface area contributed by atoms with Crippen molar-refractivity contribution in [3.8, 4) is 10.4 Å². The zero-order valence-corrected chi connectivity index (χ0v) is 43.1. The van der Waals surface area contributed by atoms with Crippen molar-refractivity contribution >= 4 is 73.6 Å². The summed E-state index contributed by atoms with van der Waals surface area (Å²) in [6.45, 7) is 6.70. The minimum absolute atomic E-state index is 0.0397. The summed E-state index contributed by atoms with van der Waals surface area (Å²) in [5.74, 6) is -1.84. The number of rotatable bonds is 16. The number of sulfonamides is 1. The molecule has 384 valence electrons. The van der Waals surface area contributed by atoms with Crippen molar-refractivity contribution in [3.63, 3.8) is 0 Å². The number of piperazine rings is 1. The zero-order chi connectivity index (χ0) is 51.5. The van der Waals surface area contributed by atoms with Gasteiger partial charge in [-0.15, -0.1) is 11.3 Å². The van der Waals surface area contributed by atoms with E-state index in [0.29, 0.717) is 23.0 Å². The summed E-state index contributed by atoms with van der Waals surface area (Å²) in [6, 6.07) is 14.0. The lowest BCUT2D eigenvalue weighted by atomic mass is 9.85. The van der Waals surface area contributed by atoms with E-state index in [-0.39, 0.29) is 62.5 Å². The van der Waals surface area contributed by atoms with Gasteiger partial charge in [-0.1, -0.05) is 57.9 Å². The lowest BCUT2D eigenvalue weighted by molar-refractivity contribution is -0.145. The fourth-order valence-electron chi connectivity index (χ4n) is 9.47. The van der Waals surface area contributed by atoms with Gasteiger partial charge in [-0.05, 0) is 66.6 Å². The number of aryl methyl sites for hydroxylation is 1. The van der Waals surface area contributed by atoms with Crippen LogP contribution in [0.4, 0.5) is 11.6 Å². The van der Waals surface area contributed by atoms with Gasteiger partial charge in [0, 0.05) is 83.1 Å². The average Bonchev–Trinajstić information content (AvgIpc) is 4.19. The molecule has 1 aliphatic carbocycles. The van der Waals surface area contributed by atoms with Crippen molar-refractivity contribution in [2.24, 2.45) is 5.41 Å². The fraction of sp³-hybridized carbons (Fsp3) is 0.480. The number of ether oxygens (including phenoxy) is 1. The molecule has 22 heteroatoms. The van der Waals surface area contributed by atoms with Crippen molar-refractivity contribution in [1.82, 2.24) is 49.2 Å². The van der Waals surface area contributed by atoms with E-state index in [1.807, 2.05) is 41.8 Å². The van der Waals surface area contributed by atoms with Crippen LogP contribution in [-0.4, -0.2) is 160 Å². The first-order chi connectivity index (χ1) is 34.3. The van der Waals surface area contributed by atoms with Crippen LogP contribution in [0.2, 0.25) is 0 Å². The molecular formula is C50H63N11O9S2. The summed E-state index contributed by atoms with van der Waals surface area (Å²) in [5, 5.41) is 20.1. The monoisotopic (exact) mass is 1030 g/mol. The Bertz CT molecular complexity index is 2900. The Labute approximate surface area is 423 Å². The third-order valence-electron chi connectivity index (χ3n) is 13.4. The van der Waals surface area contributed by atoms with Crippen molar-refractivity contribution < 1.29 is 42.2 Å². The fourth-order valence-corrected chi connectivity index (χ4v) is 11.7. The Hall–Kier alpha value is -6.33. The van der Waals surface area contributed by atoms with Crippen LogP contribution in [0.25, 0.3) is 21.5 Å². The van der Waals surface area contributed by atoms with Crippen LogP contribution in [0.3, 0.4) is 0 Å². The second-order valence-corrected chi connectivity index (χ2v) is 22.7. The highest BCUT2D eigenvalue weighted by molar-refractivity contribution is 7.89. The first-order valence-corrected chi connectivity index (χ1v) is 26.5. The van der Waals surface area contributed by atoms with E-state index in [0.717, 1.165) is 52.8 Å². The van der Waals surface area contributed by atoms with E-state index in [4.69, 9.17) is 9.72 Å². The maximum Gasteiger partial charge on any atom is 0.270 e. The van der Waals surface area contributed by atoms with Crippen LogP contribution in [-0.2, 0) is 40.5 Å². The molecule has 72 heavy (non-hydrogen) atoms. The maximum absolute atomic E-state index is 14.1. The van der Waals surface area contributed by atoms with Crippen molar-refractivity contribution in [2.75, 3.05) is 65.3 Å². The van der Waals surface area contributed by atoms with Crippen molar-refractivity contribution in [1.29, 1.82) is 0 Å². The Kier molecular flexibility index (Phi) is 15.7. The number of benzene rings is 2. The first-order valence-electron chi connectivity index (χ1n) is 24.2. The standard InChI is InChI=1S/C50H63N11O9S2/c1-31-43(71-30-53-31)33-13-11-32(12-14-33)25-51-46(65)39-24-37(62)27-60(39)48(67)44(50(2,3)4)55-41(63)28-70-29-42(64)58-19-21-59(22-20-58)72(68,69)38-17-15-35(16-18-38)54-49-52-26-34-23-40(47(66)57(5)6)61(45(34)56-49)36-9-7-8-10-36/h11-18,23,26,30,36-37,39,44,62H,7-10,19-22,24-25,27-29H2,1-6H3,(H,51,65)(H,55,63)(H,52,54,56)/t37-,39+,44-/m1/s1. The van der Waals surface area contributed by atoms with Crippen LogP contribution < -0.4 is 16.0 Å². The molecule has 0 radical (unpaired) electrons. The van der Waals surface area contributed by atoms with Crippen LogP contribution >= 0.6 is 11.3 Å². The van der Waals surface area contributed by atoms with E-state index < -0.39 is 70.5 Å². The number of fused-ring (bicyclic) bond motifs is 1. The number of thiazole rings is 1. The number of amides is 5. The van der Waals surface area contributed by atoms with Gasteiger partial charge in [-0.25, -0.2) is 18.4 Å². The quantitative estimate of drug-likeness (QED) is 0.109. The van der Waals surface area contributed by atoms with E-state index >= 15 is 0 Å². The Morgan fingerprint density at radius 3 is 2.28 bits per heavy atom. The van der Waals surface area contributed by atoms with Gasteiger partial charge >= 0.3 is 0 Å². The largest absolute Gasteiger partial charge is 0.391 e. The predicted octanol–water partition coefficient (Wildman–Crippen LogP) is 4.08. The minimum atomic E-state index is -3.91. The third kappa shape index (κ3) is 11.6. The topological polar surface area (TPSA) is 242 Å². The Morgan fingerprint density at radius 1 is 0.944 bits per heavy atom. The number of nitrogens with one attached hydrogen (secondary N) is 3. The van der Waals surface area contributed by atoms with E-state index in [1.165, 1.54) is 26.2 Å². The van der Waals surface area contributed by atoms with Gasteiger partial charge < -0.3 is 45.1 Å². The normalized spacial score (nSPS) is 18.3. The number of likely N-dealkylation sites (tertiary alicyclic amines) is 1. The number of β-amino-alcohol motifs (C(OH)–C–C–N with tert-alkyl or cyclic N) is 1. The average molecular weight is 1030 g/mol. The van der Waals surface area contributed by atoms with Gasteiger partial charge in [-0.2, -0.15) is 9.29 Å². The molecule has 0 spiro atoms. The number of aliphatic hydroxyl groups excluding tert-OH is 1. The number of aromatic nitrogens is 4. The lowest BCUT2D eigenvalue weighted by Crippen LogP contribution is -2.58. The SMILES string of the molecule is Cc1ncsc1-c1ccc(CNC(=O)[C@@H]2C[C@@H](O)CN2C(=O)[C@@H](NC(=O)COCC(=O)N2CCN(S(=O)(=O)c3ccc(Nc4ncc5cc(C(=O)N(C)C)n(C6CCCC6)c5n4)cc3)CC2)C(C)(C)C)cc1. The molecule has 5 heterocycles. The molecule has 5 aromatic rings. The molecule has 4 N–H and O–H groups in total.